The topological polar surface area (TPSA) is 60.2 Å². The summed E-state index contributed by atoms with van der Waals surface area (Å²) in [6.07, 6.45) is 6.51. The van der Waals surface area contributed by atoms with E-state index in [9.17, 15) is 4.79 Å². The van der Waals surface area contributed by atoms with Gasteiger partial charge in [-0.25, -0.2) is 4.68 Å². The molecule has 0 N–H and O–H groups in total. The Morgan fingerprint density at radius 1 is 1.47 bits per heavy atom. The van der Waals surface area contributed by atoms with Gasteiger partial charge in [0.15, 0.2) is 0 Å². The minimum Gasteiger partial charge on any atom is -0.369 e. The molecule has 0 unspecified atom stereocenters. The van der Waals surface area contributed by atoms with Crippen LogP contribution >= 0.6 is 0 Å². The molecule has 1 atom stereocenters. The van der Waals surface area contributed by atoms with E-state index in [-0.39, 0.29) is 18.6 Å². The van der Waals surface area contributed by atoms with Crippen LogP contribution in [0.3, 0.4) is 0 Å². The van der Waals surface area contributed by atoms with Crippen LogP contribution in [0.25, 0.3) is 0 Å². The van der Waals surface area contributed by atoms with Crippen molar-refractivity contribution in [3.63, 3.8) is 0 Å². The summed E-state index contributed by atoms with van der Waals surface area (Å²) < 4.78 is 7.37. The molecule has 0 radical (unpaired) electrons. The summed E-state index contributed by atoms with van der Waals surface area (Å²) in [5.74, 6) is 0.0948. The maximum atomic E-state index is 12.0. The van der Waals surface area contributed by atoms with Crippen LogP contribution < -0.4 is 0 Å². The highest BCUT2D eigenvalue weighted by atomic mass is 16.5. The lowest BCUT2D eigenvalue weighted by Crippen LogP contribution is -2.41. The molecule has 19 heavy (non-hydrogen) atoms. The summed E-state index contributed by atoms with van der Waals surface area (Å²) in [7, 11) is 0. The number of hydrogen-bond donors (Lipinski definition) is 0. The number of carbonyl (C=O) groups is 1. The molecule has 1 amide bonds. The minimum absolute atomic E-state index is 0.0948. The maximum Gasteiger partial charge on any atom is 0.248 e. The van der Waals surface area contributed by atoms with Crippen molar-refractivity contribution < 1.29 is 9.53 Å². The molecule has 0 spiro atoms. The lowest BCUT2D eigenvalue weighted by Gasteiger charge is -2.32. The van der Waals surface area contributed by atoms with Gasteiger partial charge in [-0.05, 0) is 26.2 Å². The van der Waals surface area contributed by atoms with Crippen LogP contribution in [0.1, 0.15) is 39.2 Å². The molecule has 106 valence electrons. The average Bonchev–Trinajstić information content (AvgIpc) is 2.98. The fraction of sp³-hybridized carbons (Fsp3) is 0.769. The van der Waals surface area contributed by atoms with Gasteiger partial charge in [0.05, 0.1) is 18.3 Å². The first kappa shape index (κ1) is 14.0. The Bertz CT molecular complexity index is 385. The number of nitrogens with zero attached hydrogens (tertiary/aromatic N) is 4. The third kappa shape index (κ3) is 3.76. The zero-order chi connectivity index (χ0) is 13.7. The second kappa shape index (κ2) is 6.65. The standard InChI is InChI=1S/C13H22N4O2/c1-3-11(2)19-10-13(18)16-7-4-12(5-8-16)17-9-6-14-15-17/h6,9,11-12H,3-5,7-8,10H2,1-2H3/t11-/m1/s1. The van der Waals surface area contributed by atoms with E-state index in [1.165, 1.54) is 0 Å². The van der Waals surface area contributed by atoms with E-state index in [1.807, 2.05) is 22.7 Å². The van der Waals surface area contributed by atoms with E-state index in [2.05, 4.69) is 17.2 Å². The second-order valence-electron chi connectivity index (χ2n) is 5.02. The quantitative estimate of drug-likeness (QED) is 0.805. The largest absolute Gasteiger partial charge is 0.369 e. The molecular weight excluding hydrogens is 244 g/mol. The highest BCUT2D eigenvalue weighted by molar-refractivity contribution is 5.77. The SMILES string of the molecule is CC[C@@H](C)OCC(=O)N1CCC(n2ccnn2)CC1. The van der Waals surface area contributed by atoms with Crippen molar-refractivity contribution >= 4 is 5.91 Å². The molecule has 0 aromatic carbocycles. The van der Waals surface area contributed by atoms with E-state index in [0.717, 1.165) is 32.4 Å². The smallest absolute Gasteiger partial charge is 0.248 e. The van der Waals surface area contributed by atoms with Gasteiger partial charge in [-0.2, -0.15) is 0 Å². The highest BCUT2D eigenvalue weighted by Crippen LogP contribution is 2.21. The summed E-state index contributed by atoms with van der Waals surface area (Å²) in [5, 5.41) is 7.84. The van der Waals surface area contributed by atoms with Gasteiger partial charge in [-0.15, -0.1) is 5.10 Å². The molecule has 1 aliphatic heterocycles. The number of rotatable bonds is 5. The molecule has 0 aliphatic carbocycles. The zero-order valence-electron chi connectivity index (χ0n) is 11.7. The lowest BCUT2D eigenvalue weighted by atomic mass is 10.1. The summed E-state index contributed by atoms with van der Waals surface area (Å²) >= 11 is 0. The molecule has 0 bridgehead atoms. The minimum atomic E-state index is 0.0948. The number of amides is 1. The summed E-state index contributed by atoms with van der Waals surface area (Å²) in [4.78, 5) is 13.9. The third-order valence-electron chi connectivity index (χ3n) is 3.70. The van der Waals surface area contributed by atoms with Crippen molar-refractivity contribution in [1.29, 1.82) is 0 Å². The van der Waals surface area contributed by atoms with E-state index < -0.39 is 0 Å². The highest BCUT2D eigenvalue weighted by Gasteiger charge is 2.24. The Kier molecular flexibility index (Phi) is 4.90. The van der Waals surface area contributed by atoms with Gasteiger partial charge >= 0.3 is 0 Å². The molecule has 6 heteroatoms. The Hall–Kier alpha value is -1.43. The van der Waals surface area contributed by atoms with E-state index in [0.29, 0.717) is 6.04 Å². The van der Waals surface area contributed by atoms with E-state index >= 15 is 0 Å². The van der Waals surface area contributed by atoms with Crippen LogP contribution in [-0.2, 0) is 9.53 Å². The van der Waals surface area contributed by atoms with Crippen molar-refractivity contribution in [3.05, 3.63) is 12.4 Å². The first-order chi connectivity index (χ1) is 9.20. The van der Waals surface area contributed by atoms with Gasteiger partial charge in [0.25, 0.3) is 0 Å². The normalized spacial score (nSPS) is 18.5. The number of piperidine rings is 1. The van der Waals surface area contributed by atoms with Crippen molar-refractivity contribution in [2.45, 2.75) is 45.3 Å². The van der Waals surface area contributed by atoms with Crippen LogP contribution in [0.4, 0.5) is 0 Å². The molecular formula is C13H22N4O2. The predicted octanol–water partition coefficient (Wildman–Crippen LogP) is 1.26. The summed E-state index contributed by atoms with van der Waals surface area (Å²) in [5.41, 5.74) is 0. The third-order valence-corrected chi connectivity index (χ3v) is 3.70. The van der Waals surface area contributed by atoms with Crippen LogP contribution in [-0.4, -0.2) is 51.6 Å². The second-order valence-corrected chi connectivity index (χ2v) is 5.02. The van der Waals surface area contributed by atoms with Gasteiger partial charge in [0, 0.05) is 19.3 Å². The van der Waals surface area contributed by atoms with Crippen molar-refractivity contribution in [2.24, 2.45) is 0 Å². The summed E-state index contributed by atoms with van der Waals surface area (Å²) in [6, 6.07) is 0.363. The molecule has 1 aromatic heterocycles. The monoisotopic (exact) mass is 266 g/mol. The molecule has 6 nitrogen and oxygen atoms in total. The van der Waals surface area contributed by atoms with E-state index in [4.69, 9.17) is 4.74 Å². The fourth-order valence-electron chi connectivity index (χ4n) is 2.21. The zero-order valence-corrected chi connectivity index (χ0v) is 11.7. The van der Waals surface area contributed by atoms with Gasteiger partial charge in [0.2, 0.25) is 5.91 Å². The predicted molar refractivity (Wildman–Crippen MR) is 70.6 cm³/mol. The Morgan fingerprint density at radius 3 is 2.79 bits per heavy atom. The van der Waals surface area contributed by atoms with Crippen molar-refractivity contribution in [3.8, 4) is 0 Å². The molecule has 1 fully saturated rings. The first-order valence-electron chi connectivity index (χ1n) is 6.96. The van der Waals surface area contributed by atoms with Gasteiger partial charge in [0.1, 0.15) is 6.61 Å². The number of ether oxygens (including phenoxy) is 1. The van der Waals surface area contributed by atoms with Gasteiger partial charge in [-0.3, -0.25) is 4.79 Å². The molecule has 1 aromatic rings. The Morgan fingerprint density at radius 2 is 2.21 bits per heavy atom. The number of likely N-dealkylation sites (tertiary alicyclic amines) is 1. The van der Waals surface area contributed by atoms with Crippen molar-refractivity contribution in [2.75, 3.05) is 19.7 Å². The van der Waals surface area contributed by atoms with Crippen molar-refractivity contribution in [1.82, 2.24) is 19.9 Å². The van der Waals surface area contributed by atoms with Gasteiger partial charge < -0.3 is 9.64 Å². The average molecular weight is 266 g/mol. The molecule has 2 heterocycles. The Balaban J connectivity index is 1.75. The van der Waals surface area contributed by atoms with Gasteiger partial charge in [-0.1, -0.05) is 12.1 Å². The number of carbonyl (C=O) groups excluding carboxylic acids is 1. The fourth-order valence-corrected chi connectivity index (χ4v) is 2.21. The molecule has 2 rings (SSSR count). The number of hydrogen-bond acceptors (Lipinski definition) is 4. The lowest BCUT2D eigenvalue weighted by molar-refractivity contribution is -0.139. The molecule has 1 aliphatic rings. The van der Waals surface area contributed by atoms with Crippen LogP contribution in [0.15, 0.2) is 12.4 Å². The van der Waals surface area contributed by atoms with Crippen LogP contribution in [0, 0.1) is 0 Å². The van der Waals surface area contributed by atoms with E-state index in [1.54, 1.807) is 6.20 Å². The van der Waals surface area contributed by atoms with Crippen LogP contribution in [0.2, 0.25) is 0 Å². The van der Waals surface area contributed by atoms with Crippen LogP contribution in [0.5, 0.6) is 0 Å². The summed E-state index contributed by atoms with van der Waals surface area (Å²) in [6.45, 7) is 5.78. The molecule has 0 saturated carbocycles. The Labute approximate surface area is 113 Å². The maximum absolute atomic E-state index is 12.0. The first-order valence-corrected chi connectivity index (χ1v) is 6.96. The molecule has 1 saturated heterocycles. The number of aromatic nitrogens is 3.